The summed E-state index contributed by atoms with van der Waals surface area (Å²) in [6, 6.07) is 11.8. The molecule has 6 heteroatoms. The van der Waals surface area contributed by atoms with Gasteiger partial charge in [-0.15, -0.1) is 0 Å². The Bertz CT molecular complexity index is 800. The summed E-state index contributed by atoms with van der Waals surface area (Å²) in [6.45, 7) is 2.43. The van der Waals surface area contributed by atoms with Crippen LogP contribution in [0.5, 0.6) is 11.5 Å². The van der Waals surface area contributed by atoms with Crippen molar-refractivity contribution in [2.45, 2.75) is 6.92 Å². The largest absolute Gasteiger partial charge is 0.493 e. The van der Waals surface area contributed by atoms with Crippen LogP contribution < -0.4 is 20.5 Å². The van der Waals surface area contributed by atoms with Crippen molar-refractivity contribution in [1.82, 2.24) is 0 Å². The van der Waals surface area contributed by atoms with E-state index in [4.69, 9.17) is 15.2 Å². The molecule has 0 radical (unpaired) electrons. The molecule has 6 nitrogen and oxygen atoms in total. The van der Waals surface area contributed by atoms with Crippen LogP contribution in [-0.4, -0.2) is 25.5 Å². The number of amides is 2. The van der Waals surface area contributed by atoms with Crippen LogP contribution in [-0.2, 0) is 4.79 Å². The van der Waals surface area contributed by atoms with Crippen molar-refractivity contribution in [3.63, 3.8) is 0 Å². The van der Waals surface area contributed by atoms with Gasteiger partial charge in [-0.25, -0.2) is 0 Å². The standard InChI is InChI=1S/C19H20N2O4/c1-3-25-16-9-7-13(11-17(16)24-2)8-10-18(22)21-15-6-4-5-14(12-15)19(20)23/h4-12H,3H2,1-2H3,(H2,20,23)(H,21,22)/b10-8+. The third-order valence-corrected chi connectivity index (χ3v) is 3.33. The molecule has 0 spiro atoms. The van der Waals surface area contributed by atoms with E-state index in [1.165, 1.54) is 12.1 Å². The van der Waals surface area contributed by atoms with Gasteiger partial charge in [0.1, 0.15) is 0 Å². The number of carbonyl (C=O) groups excluding carboxylic acids is 2. The van der Waals surface area contributed by atoms with Crippen molar-refractivity contribution in [1.29, 1.82) is 0 Å². The number of rotatable bonds is 7. The van der Waals surface area contributed by atoms with Crippen LogP contribution >= 0.6 is 0 Å². The zero-order valence-electron chi connectivity index (χ0n) is 14.1. The number of nitrogens with one attached hydrogen (secondary N) is 1. The maximum absolute atomic E-state index is 12.0. The lowest BCUT2D eigenvalue weighted by Crippen LogP contribution is -2.12. The van der Waals surface area contributed by atoms with Crippen molar-refractivity contribution < 1.29 is 19.1 Å². The molecule has 0 aliphatic carbocycles. The molecule has 0 aliphatic rings. The normalized spacial score (nSPS) is 10.5. The van der Waals surface area contributed by atoms with Gasteiger partial charge in [0.05, 0.1) is 13.7 Å². The SMILES string of the molecule is CCOc1ccc(/C=C/C(=O)Nc2cccc(C(N)=O)c2)cc1OC. The fraction of sp³-hybridized carbons (Fsp3) is 0.158. The van der Waals surface area contributed by atoms with E-state index in [0.29, 0.717) is 29.4 Å². The molecule has 0 bridgehead atoms. The van der Waals surface area contributed by atoms with Gasteiger partial charge < -0.3 is 20.5 Å². The Morgan fingerprint density at radius 2 is 1.96 bits per heavy atom. The van der Waals surface area contributed by atoms with Crippen LogP contribution in [0.15, 0.2) is 48.5 Å². The highest BCUT2D eigenvalue weighted by molar-refractivity contribution is 6.03. The van der Waals surface area contributed by atoms with Gasteiger partial charge in [0, 0.05) is 17.3 Å². The zero-order chi connectivity index (χ0) is 18.2. The van der Waals surface area contributed by atoms with Crippen LogP contribution in [0.3, 0.4) is 0 Å². The first-order valence-electron chi connectivity index (χ1n) is 7.73. The average molecular weight is 340 g/mol. The van der Waals surface area contributed by atoms with Crippen LogP contribution in [0, 0.1) is 0 Å². The molecule has 2 aromatic carbocycles. The lowest BCUT2D eigenvalue weighted by Gasteiger charge is -2.09. The lowest BCUT2D eigenvalue weighted by atomic mass is 10.1. The van der Waals surface area contributed by atoms with Gasteiger partial charge in [-0.2, -0.15) is 0 Å². The number of hydrogen-bond acceptors (Lipinski definition) is 4. The highest BCUT2D eigenvalue weighted by Gasteiger charge is 2.05. The van der Waals surface area contributed by atoms with Crippen molar-refractivity contribution in [2.24, 2.45) is 5.73 Å². The number of benzene rings is 2. The monoisotopic (exact) mass is 340 g/mol. The molecule has 2 amide bonds. The van der Waals surface area contributed by atoms with Gasteiger partial charge in [-0.3, -0.25) is 9.59 Å². The minimum atomic E-state index is -0.548. The molecule has 0 heterocycles. The molecule has 0 saturated heterocycles. The highest BCUT2D eigenvalue weighted by Crippen LogP contribution is 2.28. The molecule has 25 heavy (non-hydrogen) atoms. The Labute approximate surface area is 146 Å². The van der Waals surface area contributed by atoms with Gasteiger partial charge in [-0.1, -0.05) is 12.1 Å². The van der Waals surface area contributed by atoms with Gasteiger partial charge in [0.15, 0.2) is 11.5 Å². The average Bonchev–Trinajstić information content (AvgIpc) is 2.61. The second-order valence-electron chi connectivity index (χ2n) is 5.11. The lowest BCUT2D eigenvalue weighted by molar-refractivity contribution is -0.111. The Balaban J connectivity index is 2.07. The van der Waals surface area contributed by atoms with E-state index >= 15 is 0 Å². The molecular weight excluding hydrogens is 320 g/mol. The molecule has 2 rings (SSSR count). The number of primary amides is 1. The number of anilines is 1. The Kier molecular flexibility index (Phi) is 6.17. The van der Waals surface area contributed by atoms with Crippen molar-refractivity contribution in [3.8, 4) is 11.5 Å². The smallest absolute Gasteiger partial charge is 0.248 e. The van der Waals surface area contributed by atoms with E-state index in [1.54, 1.807) is 43.5 Å². The highest BCUT2D eigenvalue weighted by atomic mass is 16.5. The maximum atomic E-state index is 12.0. The second kappa shape index (κ2) is 8.54. The number of nitrogens with two attached hydrogens (primary N) is 1. The van der Waals surface area contributed by atoms with Crippen LogP contribution in [0.1, 0.15) is 22.8 Å². The summed E-state index contributed by atoms with van der Waals surface area (Å²) in [5.74, 6) is 0.371. The summed E-state index contributed by atoms with van der Waals surface area (Å²) >= 11 is 0. The van der Waals surface area contributed by atoms with E-state index in [-0.39, 0.29) is 5.91 Å². The Morgan fingerprint density at radius 3 is 2.64 bits per heavy atom. The first-order chi connectivity index (χ1) is 12.0. The maximum Gasteiger partial charge on any atom is 0.248 e. The van der Waals surface area contributed by atoms with Gasteiger partial charge in [0.25, 0.3) is 0 Å². The minimum absolute atomic E-state index is 0.325. The number of ether oxygens (including phenoxy) is 2. The number of carbonyl (C=O) groups is 2. The quantitative estimate of drug-likeness (QED) is 0.758. The predicted octanol–water partition coefficient (Wildman–Crippen LogP) is 2.84. The van der Waals surface area contributed by atoms with Crippen molar-refractivity contribution in [2.75, 3.05) is 19.0 Å². The molecule has 0 saturated carbocycles. The van der Waals surface area contributed by atoms with E-state index in [0.717, 1.165) is 5.56 Å². The van der Waals surface area contributed by atoms with Crippen molar-refractivity contribution >= 4 is 23.6 Å². The fourth-order valence-corrected chi connectivity index (χ4v) is 2.17. The topological polar surface area (TPSA) is 90.6 Å². The van der Waals surface area contributed by atoms with Gasteiger partial charge in [0.2, 0.25) is 11.8 Å². The molecule has 0 atom stereocenters. The summed E-state index contributed by atoms with van der Waals surface area (Å²) in [5, 5.41) is 2.68. The first kappa shape index (κ1) is 18.1. The third kappa shape index (κ3) is 5.10. The van der Waals surface area contributed by atoms with Crippen molar-refractivity contribution in [3.05, 3.63) is 59.7 Å². The third-order valence-electron chi connectivity index (χ3n) is 3.33. The summed E-state index contributed by atoms with van der Waals surface area (Å²) in [4.78, 5) is 23.2. The zero-order valence-corrected chi connectivity index (χ0v) is 14.1. The summed E-state index contributed by atoms with van der Waals surface area (Å²) in [7, 11) is 1.56. The predicted molar refractivity (Wildman–Crippen MR) is 96.8 cm³/mol. The van der Waals surface area contributed by atoms with E-state index in [1.807, 2.05) is 13.0 Å². The summed E-state index contributed by atoms with van der Waals surface area (Å²) < 4.78 is 10.7. The summed E-state index contributed by atoms with van der Waals surface area (Å²) in [5.41, 5.74) is 6.84. The van der Waals surface area contributed by atoms with E-state index in [2.05, 4.69) is 5.32 Å². The number of methoxy groups -OCH3 is 1. The molecule has 3 N–H and O–H groups in total. The van der Waals surface area contributed by atoms with Crippen LogP contribution in [0.25, 0.3) is 6.08 Å². The fourth-order valence-electron chi connectivity index (χ4n) is 2.17. The van der Waals surface area contributed by atoms with E-state index in [9.17, 15) is 9.59 Å². The second-order valence-corrected chi connectivity index (χ2v) is 5.11. The van der Waals surface area contributed by atoms with Crippen LogP contribution in [0.2, 0.25) is 0 Å². The first-order valence-corrected chi connectivity index (χ1v) is 7.73. The molecule has 0 unspecified atom stereocenters. The van der Waals surface area contributed by atoms with Gasteiger partial charge in [-0.05, 0) is 48.9 Å². The Hall–Kier alpha value is -3.28. The minimum Gasteiger partial charge on any atom is -0.493 e. The molecule has 2 aromatic rings. The Morgan fingerprint density at radius 1 is 1.16 bits per heavy atom. The van der Waals surface area contributed by atoms with E-state index < -0.39 is 5.91 Å². The molecule has 0 aromatic heterocycles. The van der Waals surface area contributed by atoms with Crippen LogP contribution in [0.4, 0.5) is 5.69 Å². The summed E-state index contributed by atoms with van der Waals surface area (Å²) in [6.07, 6.45) is 3.05. The molecule has 0 fully saturated rings. The molecule has 130 valence electrons. The number of hydrogen-bond donors (Lipinski definition) is 2. The van der Waals surface area contributed by atoms with Gasteiger partial charge >= 0.3 is 0 Å². The molecular formula is C19H20N2O4. The molecule has 0 aliphatic heterocycles.